The van der Waals surface area contributed by atoms with Crippen LogP contribution in [0, 0.1) is 11.6 Å². The number of aromatic carboxylic acids is 1. The summed E-state index contributed by atoms with van der Waals surface area (Å²) >= 11 is 5.51. The Balaban J connectivity index is 3.28. The van der Waals surface area contributed by atoms with Crippen LogP contribution in [0.2, 0.25) is 5.02 Å². The molecule has 1 aromatic carbocycles. The minimum atomic E-state index is -1.45. The summed E-state index contributed by atoms with van der Waals surface area (Å²) in [4.78, 5) is 10.7. The number of carboxylic acid groups (broad SMARTS) is 1. The SMILES string of the molecule is CCCCc1c(F)c(Cl)cc(C(=O)O)c1F. The molecule has 0 saturated carbocycles. The minimum absolute atomic E-state index is 0.148. The molecule has 0 bridgehead atoms. The van der Waals surface area contributed by atoms with E-state index in [1.807, 2.05) is 6.92 Å². The molecule has 0 atom stereocenters. The van der Waals surface area contributed by atoms with Crippen LogP contribution in [0.4, 0.5) is 8.78 Å². The fraction of sp³-hybridized carbons (Fsp3) is 0.364. The van der Waals surface area contributed by atoms with E-state index in [2.05, 4.69) is 0 Å². The number of hydrogen-bond acceptors (Lipinski definition) is 1. The molecule has 88 valence electrons. The van der Waals surface area contributed by atoms with Crippen molar-refractivity contribution in [1.29, 1.82) is 0 Å². The lowest BCUT2D eigenvalue weighted by atomic mass is 10.0. The summed E-state index contributed by atoms with van der Waals surface area (Å²) in [6.45, 7) is 1.87. The van der Waals surface area contributed by atoms with E-state index in [0.29, 0.717) is 6.42 Å². The Bertz CT molecular complexity index is 419. The number of carbonyl (C=O) groups is 1. The Morgan fingerprint density at radius 2 is 2.06 bits per heavy atom. The van der Waals surface area contributed by atoms with Crippen LogP contribution in [-0.2, 0) is 6.42 Å². The quantitative estimate of drug-likeness (QED) is 0.826. The molecule has 0 amide bonds. The van der Waals surface area contributed by atoms with Gasteiger partial charge in [0.2, 0.25) is 0 Å². The van der Waals surface area contributed by atoms with Crippen molar-refractivity contribution in [2.24, 2.45) is 0 Å². The Morgan fingerprint density at radius 3 is 2.56 bits per heavy atom. The molecule has 1 N–H and O–H groups in total. The molecule has 0 radical (unpaired) electrons. The van der Waals surface area contributed by atoms with Gasteiger partial charge in [-0.25, -0.2) is 13.6 Å². The standard InChI is InChI=1S/C11H11ClF2O2/c1-2-3-4-6-9(13)7(11(15)16)5-8(12)10(6)14/h5H,2-4H2,1H3,(H,15,16). The highest BCUT2D eigenvalue weighted by Gasteiger charge is 2.20. The molecule has 0 spiro atoms. The van der Waals surface area contributed by atoms with Gasteiger partial charge in [0.1, 0.15) is 11.6 Å². The van der Waals surface area contributed by atoms with Gasteiger partial charge in [-0.05, 0) is 18.9 Å². The summed E-state index contributed by atoms with van der Waals surface area (Å²) in [7, 11) is 0. The first kappa shape index (κ1) is 12.9. The van der Waals surface area contributed by atoms with Gasteiger partial charge in [-0.1, -0.05) is 24.9 Å². The molecule has 16 heavy (non-hydrogen) atoms. The second-order valence-electron chi connectivity index (χ2n) is 3.42. The molecule has 0 aliphatic heterocycles. The van der Waals surface area contributed by atoms with Crippen molar-refractivity contribution in [3.05, 3.63) is 33.9 Å². The number of rotatable bonds is 4. The van der Waals surface area contributed by atoms with Gasteiger partial charge in [0.25, 0.3) is 0 Å². The van der Waals surface area contributed by atoms with Crippen molar-refractivity contribution >= 4 is 17.6 Å². The molecular formula is C11H11ClF2O2. The van der Waals surface area contributed by atoms with E-state index in [0.717, 1.165) is 12.5 Å². The molecule has 0 fully saturated rings. The summed E-state index contributed by atoms with van der Waals surface area (Å²) in [5.74, 6) is -3.34. The molecule has 0 heterocycles. The first-order chi connectivity index (χ1) is 7.49. The zero-order chi connectivity index (χ0) is 12.3. The summed E-state index contributed by atoms with van der Waals surface area (Å²) < 4.78 is 27.1. The molecule has 0 saturated heterocycles. The average Bonchev–Trinajstić information content (AvgIpc) is 2.23. The Morgan fingerprint density at radius 1 is 1.44 bits per heavy atom. The third kappa shape index (κ3) is 2.50. The van der Waals surface area contributed by atoms with Crippen molar-refractivity contribution in [1.82, 2.24) is 0 Å². The van der Waals surface area contributed by atoms with Crippen LogP contribution >= 0.6 is 11.6 Å². The van der Waals surface area contributed by atoms with Crippen LogP contribution in [-0.4, -0.2) is 11.1 Å². The van der Waals surface area contributed by atoms with Gasteiger partial charge >= 0.3 is 5.97 Å². The maximum absolute atomic E-state index is 13.6. The summed E-state index contributed by atoms with van der Waals surface area (Å²) in [6.07, 6.45) is 1.48. The summed E-state index contributed by atoms with van der Waals surface area (Å²) in [6, 6.07) is 0.796. The molecule has 5 heteroatoms. The molecule has 2 nitrogen and oxygen atoms in total. The van der Waals surface area contributed by atoms with Crippen molar-refractivity contribution in [2.45, 2.75) is 26.2 Å². The van der Waals surface area contributed by atoms with E-state index in [9.17, 15) is 13.6 Å². The third-order valence-corrected chi connectivity index (χ3v) is 2.53. The van der Waals surface area contributed by atoms with Crippen LogP contribution in [0.1, 0.15) is 35.7 Å². The van der Waals surface area contributed by atoms with Gasteiger partial charge in [0, 0.05) is 5.56 Å². The highest BCUT2D eigenvalue weighted by Crippen LogP contribution is 2.26. The van der Waals surface area contributed by atoms with Gasteiger partial charge in [0.05, 0.1) is 10.6 Å². The minimum Gasteiger partial charge on any atom is -0.478 e. The molecule has 0 unspecified atom stereocenters. The van der Waals surface area contributed by atoms with E-state index in [-0.39, 0.29) is 17.0 Å². The molecule has 0 aromatic heterocycles. The molecular weight excluding hydrogens is 238 g/mol. The topological polar surface area (TPSA) is 37.3 Å². The predicted molar refractivity (Wildman–Crippen MR) is 56.9 cm³/mol. The maximum atomic E-state index is 13.6. The fourth-order valence-corrected chi connectivity index (χ4v) is 1.61. The van der Waals surface area contributed by atoms with Crippen molar-refractivity contribution in [3.8, 4) is 0 Å². The third-order valence-electron chi connectivity index (χ3n) is 2.26. The van der Waals surface area contributed by atoms with Gasteiger partial charge in [-0.3, -0.25) is 0 Å². The molecule has 1 aromatic rings. The lowest BCUT2D eigenvalue weighted by Gasteiger charge is -2.08. The highest BCUT2D eigenvalue weighted by atomic mass is 35.5. The highest BCUT2D eigenvalue weighted by molar-refractivity contribution is 6.31. The maximum Gasteiger partial charge on any atom is 0.338 e. The lowest BCUT2D eigenvalue weighted by Crippen LogP contribution is -2.07. The number of halogens is 3. The monoisotopic (exact) mass is 248 g/mol. The normalized spacial score (nSPS) is 10.5. The van der Waals surface area contributed by atoms with Gasteiger partial charge in [-0.2, -0.15) is 0 Å². The zero-order valence-electron chi connectivity index (χ0n) is 8.69. The summed E-state index contributed by atoms with van der Waals surface area (Å²) in [5, 5.41) is 8.35. The van der Waals surface area contributed by atoms with Crippen LogP contribution in [0.5, 0.6) is 0 Å². The summed E-state index contributed by atoms with van der Waals surface area (Å²) in [5.41, 5.74) is -0.829. The van der Waals surface area contributed by atoms with Crippen molar-refractivity contribution in [2.75, 3.05) is 0 Å². The Hall–Kier alpha value is -1.16. The molecule has 1 rings (SSSR count). The first-order valence-electron chi connectivity index (χ1n) is 4.88. The average molecular weight is 249 g/mol. The largest absolute Gasteiger partial charge is 0.478 e. The van der Waals surface area contributed by atoms with Gasteiger partial charge in [-0.15, -0.1) is 0 Å². The van der Waals surface area contributed by atoms with Crippen LogP contribution in [0.25, 0.3) is 0 Å². The van der Waals surface area contributed by atoms with E-state index in [4.69, 9.17) is 16.7 Å². The molecule has 0 aliphatic carbocycles. The second-order valence-corrected chi connectivity index (χ2v) is 3.83. The number of unbranched alkanes of at least 4 members (excludes halogenated alkanes) is 1. The van der Waals surface area contributed by atoms with E-state index < -0.39 is 23.2 Å². The molecule has 0 aliphatic rings. The first-order valence-corrected chi connectivity index (χ1v) is 5.26. The van der Waals surface area contributed by atoms with E-state index >= 15 is 0 Å². The van der Waals surface area contributed by atoms with Crippen molar-refractivity contribution in [3.63, 3.8) is 0 Å². The Kier molecular flexibility index (Phi) is 4.24. The number of benzene rings is 1. The number of carboxylic acids is 1. The van der Waals surface area contributed by atoms with Crippen LogP contribution < -0.4 is 0 Å². The van der Waals surface area contributed by atoms with E-state index in [1.165, 1.54) is 0 Å². The fourth-order valence-electron chi connectivity index (χ4n) is 1.39. The second kappa shape index (κ2) is 5.25. The Labute approximate surface area is 96.8 Å². The lowest BCUT2D eigenvalue weighted by molar-refractivity contribution is 0.0691. The van der Waals surface area contributed by atoms with Crippen LogP contribution in [0.15, 0.2) is 6.07 Å². The van der Waals surface area contributed by atoms with Gasteiger partial charge in [0.15, 0.2) is 0 Å². The van der Waals surface area contributed by atoms with Crippen LogP contribution in [0.3, 0.4) is 0 Å². The zero-order valence-corrected chi connectivity index (χ0v) is 9.44. The smallest absolute Gasteiger partial charge is 0.338 e. The predicted octanol–water partition coefficient (Wildman–Crippen LogP) is 3.66. The van der Waals surface area contributed by atoms with Gasteiger partial charge < -0.3 is 5.11 Å². The van der Waals surface area contributed by atoms with Crippen molar-refractivity contribution < 1.29 is 18.7 Å². The number of hydrogen-bond donors (Lipinski definition) is 1. The van der Waals surface area contributed by atoms with E-state index in [1.54, 1.807) is 0 Å².